The fourth-order valence-corrected chi connectivity index (χ4v) is 2.09. The van der Waals surface area contributed by atoms with E-state index in [1.54, 1.807) is 13.2 Å². The summed E-state index contributed by atoms with van der Waals surface area (Å²) >= 11 is 0. The molecule has 1 aromatic heterocycles. The van der Waals surface area contributed by atoms with Crippen LogP contribution in [0.3, 0.4) is 0 Å². The molecule has 0 fully saturated rings. The van der Waals surface area contributed by atoms with Crippen LogP contribution in [0.25, 0.3) is 21.9 Å². The highest BCUT2D eigenvalue weighted by Gasteiger charge is 2.15. The van der Waals surface area contributed by atoms with Crippen molar-refractivity contribution in [1.29, 1.82) is 0 Å². The zero-order valence-corrected chi connectivity index (χ0v) is 9.36. The van der Waals surface area contributed by atoms with Gasteiger partial charge in [-0.3, -0.25) is 0 Å². The number of hydrogen-bond acceptors (Lipinski definition) is 4. The average molecular weight is 228 g/mol. The Kier molecular flexibility index (Phi) is 1.92. The Balaban J connectivity index is 2.58. The Labute approximate surface area is 97.7 Å². The number of furan rings is 1. The lowest BCUT2D eigenvalue weighted by molar-refractivity contribution is 0.417. The normalized spacial score (nSPS) is 11.1. The predicted octanol–water partition coefficient (Wildman–Crippen LogP) is 2.76. The molecule has 4 N–H and O–H groups in total. The van der Waals surface area contributed by atoms with Crippen LogP contribution >= 0.6 is 0 Å². The molecule has 0 aliphatic heterocycles. The number of ether oxygens (including phenoxy) is 1. The predicted molar refractivity (Wildman–Crippen MR) is 69.1 cm³/mol. The van der Waals surface area contributed by atoms with Gasteiger partial charge in [-0.1, -0.05) is 18.2 Å². The van der Waals surface area contributed by atoms with Crippen molar-refractivity contribution >= 4 is 33.3 Å². The molecule has 0 saturated carbocycles. The largest absolute Gasteiger partial charge is 0.494 e. The summed E-state index contributed by atoms with van der Waals surface area (Å²) in [7, 11) is 1.57. The fourth-order valence-electron chi connectivity index (χ4n) is 2.09. The number of methoxy groups -OCH3 is 1. The topological polar surface area (TPSA) is 74.4 Å². The molecule has 3 aromatic rings. The van der Waals surface area contributed by atoms with E-state index in [4.69, 9.17) is 20.6 Å². The lowest BCUT2D eigenvalue weighted by atomic mass is 10.1. The molecule has 1 heterocycles. The first-order valence-corrected chi connectivity index (χ1v) is 5.25. The van der Waals surface area contributed by atoms with Crippen molar-refractivity contribution < 1.29 is 9.15 Å². The fraction of sp³-hybridized carbons (Fsp3) is 0.0769. The highest BCUT2D eigenvalue weighted by atomic mass is 16.5. The van der Waals surface area contributed by atoms with E-state index in [9.17, 15) is 0 Å². The van der Waals surface area contributed by atoms with E-state index in [1.165, 1.54) is 0 Å². The van der Waals surface area contributed by atoms with E-state index >= 15 is 0 Å². The maximum absolute atomic E-state index is 6.07. The third-order valence-electron chi connectivity index (χ3n) is 2.90. The Hall–Kier alpha value is -2.36. The van der Waals surface area contributed by atoms with E-state index < -0.39 is 0 Å². The summed E-state index contributed by atoms with van der Waals surface area (Å²) in [5.41, 5.74) is 14.5. The van der Waals surface area contributed by atoms with Gasteiger partial charge in [-0.25, -0.2) is 0 Å². The standard InChI is InChI=1S/C13H12N2O2/c1-16-10-6-8(14)13-11(12(10)15)7-4-2-3-5-9(7)17-13/h2-6H,14-15H2,1H3. The molecule has 0 bridgehead atoms. The van der Waals surface area contributed by atoms with Gasteiger partial charge < -0.3 is 20.6 Å². The van der Waals surface area contributed by atoms with Gasteiger partial charge in [-0.2, -0.15) is 0 Å². The number of nitrogens with two attached hydrogens (primary N) is 2. The Morgan fingerprint density at radius 1 is 1.18 bits per heavy atom. The summed E-state index contributed by atoms with van der Waals surface area (Å²) in [6.45, 7) is 0. The quantitative estimate of drug-likeness (QED) is 0.628. The van der Waals surface area contributed by atoms with Crippen LogP contribution in [0.4, 0.5) is 11.4 Å². The van der Waals surface area contributed by atoms with Crippen molar-refractivity contribution in [2.24, 2.45) is 0 Å². The molecule has 0 unspecified atom stereocenters. The molecule has 4 heteroatoms. The van der Waals surface area contributed by atoms with Gasteiger partial charge in [-0.05, 0) is 6.07 Å². The van der Waals surface area contributed by atoms with Crippen LogP contribution in [-0.2, 0) is 0 Å². The average Bonchev–Trinajstić information content (AvgIpc) is 2.73. The third-order valence-corrected chi connectivity index (χ3v) is 2.90. The smallest absolute Gasteiger partial charge is 0.160 e. The molecule has 0 radical (unpaired) electrons. The molecule has 0 spiro atoms. The summed E-state index contributed by atoms with van der Waals surface area (Å²) in [5.74, 6) is 0.571. The van der Waals surface area contributed by atoms with E-state index in [0.29, 0.717) is 22.7 Å². The summed E-state index contributed by atoms with van der Waals surface area (Å²) in [6.07, 6.45) is 0. The minimum Gasteiger partial charge on any atom is -0.494 e. The Morgan fingerprint density at radius 2 is 1.94 bits per heavy atom. The third kappa shape index (κ3) is 1.24. The maximum atomic E-state index is 6.07. The summed E-state index contributed by atoms with van der Waals surface area (Å²) in [6, 6.07) is 9.37. The van der Waals surface area contributed by atoms with Gasteiger partial charge in [0.05, 0.1) is 23.9 Å². The SMILES string of the molecule is COc1cc(N)c2oc3ccccc3c2c1N. The number of rotatable bonds is 1. The van der Waals surface area contributed by atoms with E-state index in [2.05, 4.69) is 0 Å². The van der Waals surface area contributed by atoms with Crippen LogP contribution in [0.15, 0.2) is 34.7 Å². The summed E-state index contributed by atoms with van der Waals surface area (Å²) in [5, 5.41) is 1.77. The van der Waals surface area contributed by atoms with Crippen LogP contribution < -0.4 is 16.2 Å². The van der Waals surface area contributed by atoms with Crippen LogP contribution in [-0.4, -0.2) is 7.11 Å². The summed E-state index contributed by atoms with van der Waals surface area (Å²) < 4.78 is 10.9. The number of anilines is 2. The zero-order valence-electron chi connectivity index (χ0n) is 9.36. The Morgan fingerprint density at radius 3 is 2.71 bits per heavy atom. The van der Waals surface area contributed by atoms with Gasteiger partial charge in [0.2, 0.25) is 0 Å². The minimum absolute atomic E-state index is 0.530. The van der Waals surface area contributed by atoms with Crippen molar-refractivity contribution in [3.05, 3.63) is 30.3 Å². The highest BCUT2D eigenvalue weighted by Crippen LogP contribution is 2.41. The molecule has 0 aliphatic carbocycles. The van der Waals surface area contributed by atoms with Crippen LogP contribution in [0.5, 0.6) is 5.75 Å². The molecule has 3 rings (SSSR count). The van der Waals surface area contributed by atoms with E-state index in [1.807, 2.05) is 24.3 Å². The molecule has 17 heavy (non-hydrogen) atoms. The number of nitrogen functional groups attached to an aromatic ring is 2. The minimum atomic E-state index is 0.530. The Bertz CT molecular complexity index is 716. The van der Waals surface area contributed by atoms with E-state index in [0.717, 1.165) is 16.4 Å². The molecule has 4 nitrogen and oxygen atoms in total. The molecule has 86 valence electrons. The van der Waals surface area contributed by atoms with Crippen LogP contribution in [0.2, 0.25) is 0 Å². The second-order valence-electron chi connectivity index (χ2n) is 3.88. The number of benzene rings is 2. The second kappa shape index (κ2) is 3.31. The molecule has 0 aliphatic rings. The van der Waals surface area contributed by atoms with Crippen molar-refractivity contribution in [3.8, 4) is 5.75 Å². The number of fused-ring (bicyclic) bond motifs is 3. The van der Waals surface area contributed by atoms with Crippen molar-refractivity contribution in [2.45, 2.75) is 0 Å². The van der Waals surface area contributed by atoms with Gasteiger partial charge in [0, 0.05) is 11.5 Å². The first-order valence-electron chi connectivity index (χ1n) is 5.25. The lowest BCUT2D eigenvalue weighted by Gasteiger charge is -2.06. The van der Waals surface area contributed by atoms with Crippen molar-refractivity contribution in [1.82, 2.24) is 0 Å². The van der Waals surface area contributed by atoms with Crippen molar-refractivity contribution in [2.75, 3.05) is 18.6 Å². The second-order valence-corrected chi connectivity index (χ2v) is 3.88. The molecule has 0 atom stereocenters. The first-order chi connectivity index (χ1) is 8.22. The zero-order chi connectivity index (χ0) is 12.0. The molecule has 2 aromatic carbocycles. The lowest BCUT2D eigenvalue weighted by Crippen LogP contribution is -1.95. The molecule has 0 saturated heterocycles. The number of para-hydroxylation sites is 1. The van der Waals surface area contributed by atoms with Gasteiger partial charge in [0.25, 0.3) is 0 Å². The van der Waals surface area contributed by atoms with Gasteiger partial charge in [-0.15, -0.1) is 0 Å². The highest BCUT2D eigenvalue weighted by molar-refractivity contribution is 6.15. The van der Waals surface area contributed by atoms with Gasteiger partial charge in [0.15, 0.2) is 5.58 Å². The van der Waals surface area contributed by atoms with Crippen molar-refractivity contribution in [3.63, 3.8) is 0 Å². The van der Waals surface area contributed by atoms with Gasteiger partial charge in [0.1, 0.15) is 11.3 Å². The maximum Gasteiger partial charge on any atom is 0.160 e. The monoisotopic (exact) mass is 228 g/mol. The number of hydrogen-bond donors (Lipinski definition) is 2. The molecular weight excluding hydrogens is 216 g/mol. The first kappa shape index (κ1) is 9.84. The summed E-state index contributed by atoms with van der Waals surface area (Å²) in [4.78, 5) is 0. The van der Waals surface area contributed by atoms with Gasteiger partial charge >= 0.3 is 0 Å². The van der Waals surface area contributed by atoms with E-state index in [-0.39, 0.29) is 0 Å². The van der Waals surface area contributed by atoms with Crippen LogP contribution in [0, 0.1) is 0 Å². The molecular formula is C13H12N2O2. The van der Waals surface area contributed by atoms with Crippen LogP contribution in [0.1, 0.15) is 0 Å². The molecule has 0 amide bonds.